The molecule has 0 aliphatic rings. The quantitative estimate of drug-likeness (QED) is 0.718. The first-order chi connectivity index (χ1) is 9.20. The molecule has 0 aliphatic heterocycles. The van der Waals surface area contributed by atoms with Crippen molar-refractivity contribution in [3.8, 4) is 0 Å². The van der Waals surface area contributed by atoms with Gasteiger partial charge in [-0.25, -0.2) is 4.98 Å². The Balaban J connectivity index is 1.74. The summed E-state index contributed by atoms with van der Waals surface area (Å²) >= 11 is 1.78. The number of benzene rings is 1. The van der Waals surface area contributed by atoms with E-state index in [1.807, 2.05) is 18.2 Å². The Labute approximate surface area is 115 Å². The van der Waals surface area contributed by atoms with E-state index in [0.29, 0.717) is 0 Å². The first kappa shape index (κ1) is 12.2. The minimum Gasteiger partial charge on any atom is -0.399 e. The number of imidazole rings is 1. The predicted molar refractivity (Wildman–Crippen MR) is 80.0 cm³/mol. The molecule has 19 heavy (non-hydrogen) atoms. The number of nitrogen functional groups attached to an aromatic ring is 1. The second-order valence-corrected chi connectivity index (χ2v) is 5.74. The highest BCUT2D eigenvalue weighted by molar-refractivity contribution is 7.09. The summed E-state index contributed by atoms with van der Waals surface area (Å²) in [6.07, 6.45) is 0. The zero-order chi connectivity index (χ0) is 13.2. The third-order valence-corrected chi connectivity index (χ3v) is 3.84. The predicted octanol–water partition coefficient (Wildman–Crippen LogP) is 2.84. The maximum absolute atomic E-state index is 5.77. The lowest BCUT2D eigenvalue weighted by Gasteiger charge is -2.13. The molecule has 1 aromatic carbocycles. The minimum absolute atomic E-state index is 0.759. The number of nitrogens with zero attached hydrogens (tertiary/aromatic N) is 2. The third-order valence-electron chi connectivity index (χ3n) is 2.98. The van der Waals surface area contributed by atoms with Gasteiger partial charge in [0, 0.05) is 17.1 Å². The largest absolute Gasteiger partial charge is 0.399 e. The molecule has 2 aromatic heterocycles. The fourth-order valence-electron chi connectivity index (χ4n) is 2.14. The Kier molecular flexibility index (Phi) is 3.23. The molecule has 3 rings (SSSR count). The number of thiophene rings is 1. The zero-order valence-electron chi connectivity index (χ0n) is 10.8. The van der Waals surface area contributed by atoms with Gasteiger partial charge in [0.15, 0.2) is 0 Å². The van der Waals surface area contributed by atoms with Gasteiger partial charge >= 0.3 is 0 Å². The molecular formula is C14H16N4S. The molecule has 2 heterocycles. The van der Waals surface area contributed by atoms with Crippen LogP contribution in [0.1, 0.15) is 10.7 Å². The molecular weight excluding hydrogens is 256 g/mol. The van der Waals surface area contributed by atoms with Crippen LogP contribution in [-0.2, 0) is 13.1 Å². The maximum Gasteiger partial charge on any atom is 0.121 e. The van der Waals surface area contributed by atoms with E-state index >= 15 is 0 Å². The first-order valence-corrected chi connectivity index (χ1v) is 7.04. The van der Waals surface area contributed by atoms with Crippen LogP contribution in [0.5, 0.6) is 0 Å². The average Bonchev–Trinajstić information content (AvgIpc) is 2.97. The number of rotatable bonds is 4. The van der Waals surface area contributed by atoms with Crippen molar-refractivity contribution in [2.24, 2.45) is 0 Å². The molecule has 0 bridgehead atoms. The number of aromatic amines is 1. The summed E-state index contributed by atoms with van der Waals surface area (Å²) in [5, 5.41) is 2.10. The first-order valence-electron chi connectivity index (χ1n) is 6.16. The molecule has 5 heteroatoms. The number of anilines is 1. The van der Waals surface area contributed by atoms with E-state index in [0.717, 1.165) is 35.6 Å². The Bertz CT molecular complexity index is 672. The molecule has 3 N–H and O–H groups in total. The maximum atomic E-state index is 5.77. The number of nitrogens with two attached hydrogens (primary N) is 1. The van der Waals surface area contributed by atoms with Gasteiger partial charge in [0.1, 0.15) is 5.82 Å². The summed E-state index contributed by atoms with van der Waals surface area (Å²) in [5.74, 6) is 0.972. The number of nitrogens with one attached hydrogen (secondary N) is 1. The lowest BCUT2D eigenvalue weighted by Crippen LogP contribution is -2.17. The van der Waals surface area contributed by atoms with Crippen LogP contribution in [0.4, 0.5) is 5.69 Å². The van der Waals surface area contributed by atoms with Gasteiger partial charge in [0.2, 0.25) is 0 Å². The number of H-pyrrole nitrogens is 1. The molecule has 0 amide bonds. The van der Waals surface area contributed by atoms with Crippen molar-refractivity contribution in [1.29, 1.82) is 0 Å². The summed E-state index contributed by atoms with van der Waals surface area (Å²) in [6.45, 7) is 1.74. The van der Waals surface area contributed by atoms with Gasteiger partial charge in [0.05, 0.1) is 17.6 Å². The summed E-state index contributed by atoms with van der Waals surface area (Å²) in [7, 11) is 2.10. The smallest absolute Gasteiger partial charge is 0.121 e. The number of hydrogen-bond donors (Lipinski definition) is 2. The second kappa shape index (κ2) is 5.03. The van der Waals surface area contributed by atoms with E-state index in [1.54, 1.807) is 11.3 Å². The number of hydrogen-bond acceptors (Lipinski definition) is 4. The number of fused-ring (bicyclic) bond motifs is 1. The van der Waals surface area contributed by atoms with E-state index in [9.17, 15) is 0 Å². The monoisotopic (exact) mass is 272 g/mol. The van der Waals surface area contributed by atoms with Crippen LogP contribution in [0.25, 0.3) is 11.0 Å². The van der Waals surface area contributed by atoms with Crippen LogP contribution >= 0.6 is 11.3 Å². The van der Waals surface area contributed by atoms with E-state index in [4.69, 9.17) is 5.73 Å². The molecule has 0 atom stereocenters. The molecule has 0 saturated carbocycles. The van der Waals surface area contributed by atoms with Crippen LogP contribution in [0.2, 0.25) is 0 Å². The fourth-order valence-corrected chi connectivity index (χ4v) is 2.92. The van der Waals surface area contributed by atoms with Crippen LogP contribution in [0.15, 0.2) is 35.7 Å². The topological polar surface area (TPSA) is 57.9 Å². The highest BCUT2D eigenvalue weighted by atomic mass is 32.1. The molecule has 4 nitrogen and oxygen atoms in total. The molecule has 98 valence electrons. The summed E-state index contributed by atoms with van der Waals surface area (Å²) < 4.78 is 0. The Hall–Kier alpha value is -1.85. The average molecular weight is 272 g/mol. The second-order valence-electron chi connectivity index (χ2n) is 4.71. The molecule has 0 spiro atoms. The van der Waals surface area contributed by atoms with Crippen molar-refractivity contribution >= 4 is 28.1 Å². The van der Waals surface area contributed by atoms with E-state index in [1.165, 1.54) is 4.88 Å². The number of aromatic nitrogens is 2. The summed E-state index contributed by atoms with van der Waals surface area (Å²) in [5.41, 5.74) is 8.49. The standard InChI is InChI=1S/C14H16N4S/c1-18(8-11-3-2-6-19-11)9-14-16-12-5-4-10(15)7-13(12)17-14/h2-7H,8-9,15H2,1H3,(H,16,17). The molecule has 0 aliphatic carbocycles. The van der Waals surface area contributed by atoms with Crippen LogP contribution in [0, 0.1) is 0 Å². The van der Waals surface area contributed by atoms with Gasteiger partial charge in [-0.05, 0) is 36.7 Å². The van der Waals surface area contributed by atoms with Crippen LogP contribution in [-0.4, -0.2) is 21.9 Å². The SMILES string of the molecule is CN(Cc1nc2ccc(N)cc2[nH]1)Cc1cccs1. The minimum atomic E-state index is 0.759. The van der Waals surface area contributed by atoms with E-state index < -0.39 is 0 Å². The molecule has 0 fully saturated rings. The van der Waals surface area contributed by atoms with Gasteiger partial charge < -0.3 is 10.7 Å². The normalized spacial score (nSPS) is 11.5. The van der Waals surface area contributed by atoms with E-state index in [2.05, 4.69) is 39.4 Å². The molecule has 3 aromatic rings. The van der Waals surface area contributed by atoms with Gasteiger partial charge in [0.25, 0.3) is 0 Å². The Morgan fingerprint density at radius 2 is 2.21 bits per heavy atom. The fraction of sp³-hybridized carbons (Fsp3) is 0.214. The van der Waals surface area contributed by atoms with Crippen molar-refractivity contribution < 1.29 is 0 Å². The third kappa shape index (κ3) is 2.77. The molecule has 0 radical (unpaired) electrons. The van der Waals surface area contributed by atoms with Crippen LogP contribution in [0.3, 0.4) is 0 Å². The van der Waals surface area contributed by atoms with Gasteiger partial charge in [-0.3, -0.25) is 4.90 Å². The molecule has 0 unspecified atom stereocenters. The van der Waals surface area contributed by atoms with Crippen molar-refractivity contribution in [2.45, 2.75) is 13.1 Å². The summed E-state index contributed by atoms with van der Waals surface area (Å²) in [4.78, 5) is 11.5. The molecule has 0 saturated heterocycles. The highest BCUT2D eigenvalue weighted by Gasteiger charge is 2.07. The zero-order valence-corrected chi connectivity index (χ0v) is 11.6. The van der Waals surface area contributed by atoms with Gasteiger partial charge in [-0.15, -0.1) is 11.3 Å². The van der Waals surface area contributed by atoms with E-state index in [-0.39, 0.29) is 0 Å². The van der Waals surface area contributed by atoms with Crippen molar-refractivity contribution in [1.82, 2.24) is 14.9 Å². The van der Waals surface area contributed by atoms with Crippen molar-refractivity contribution in [3.05, 3.63) is 46.4 Å². The van der Waals surface area contributed by atoms with Crippen LogP contribution < -0.4 is 5.73 Å². The highest BCUT2D eigenvalue weighted by Crippen LogP contribution is 2.17. The Morgan fingerprint density at radius 3 is 3.00 bits per heavy atom. The van der Waals surface area contributed by atoms with Gasteiger partial charge in [-0.2, -0.15) is 0 Å². The lowest BCUT2D eigenvalue weighted by molar-refractivity contribution is 0.315. The summed E-state index contributed by atoms with van der Waals surface area (Å²) in [6, 6.07) is 9.98. The van der Waals surface area contributed by atoms with Crippen molar-refractivity contribution in [2.75, 3.05) is 12.8 Å². The van der Waals surface area contributed by atoms with Gasteiger partial charge in [-0.1, -0.05) is 6.07 Å². The lowest BCUT2D eigenvalue weighted by atomic mass is 10.3. The Morgan fingerprint density at radius 1 is 1.32 bits per heavy atom. The van der Waals surface area contributed by atoms with Crippen molar-refractivity contribution in [3.63, 3.8) is 0 Å².